The van der Waals surface area contributed by atoms with Gasteiger partial charge >= 0.3 is 5.97 Å². The van der Waals surface area contributed by atoms with E-state index in [9.17, 15) is 9.59 Å². The maximum atomic E-state index is 12.3. The normalized spacial score (nSPS) is 10.2. The second-order valence-electron chi connectivity index (χ2n) is 4.87. The van der Waals surface area contributed by atoms with E-state index in [1.54, 1.807) is 35.1 Å². The van der Waals surface area contributed by atoms with Gasteiger partial charge in [-0.3, -0.25) is 4.79 Å². The van der Waals surface area contributed by atoms with Crippen LogP contribution in [0.4, 0.5) is 5.82 Å². The van der Waals surface area contributed by atoms with E-state index in [0.717, 1.165) is 5.69 Å². The number of anilines is 1. The zero-order chi connectivity index (χ0) is 16.9. The van der Waals surface area contributed by atoms with Crippen LogP contribution in [0.3, 0.4) is 0 Å². The molecule has 0 fully saturated rings. The Morgan fingerprint density at radius 3 is 2.54 bits per heavy atom. The van der Waals surface area contributed by atoms with E-state index < -0.39 is 5.97 Å². The molecule has 1 amide bonds. The Hall–Kier alpha value is -3.48. The third-order valence-electron chi connectivity index (χ3n) is 3.32. The van der Waals surface area contributed by atoms with Crippen LogP contribution in [-0.4, -0.2) is 33.8 Å². The molecule has 0 aliphatic rings. The molecule has 0 unspecified atom stereocenters. The van der Waals surface area contributed by atoms with Crippen molar-refractivity contribution in [3.8, 4) is 5.69 Å². The number of carbonyl (C=O) groups is 2. The van der Waals surface area contributed by atoms with Crippen LogP contribution >= 0.6 is 0 Å². The van der Waals surface area contributed by atoms with Gasteiger partial charge in [-0.1, -0.05) is 0 Å². The zero-order valence-corrected chi connectivity index (χ0v) is 12.8. The Kier molecular flexibility index (Phi) is 4.33. The molecule has 0 saturated carbocycles. The Labute approximate surface area is 137 Å². The minimum Gasteiger partial charge on any atom is -0.465 e. The highest BCUT2D eigenvalue weighted by molar-refractivity contribution is 6.04. The number of methoxy groups -OCH3 is 1. The molecule has 24 heavy (non-hydrogen) atoms. The second kappa shape index (κ2) is 6.74. The summed E-state index contributed by atoms with van der Waals surface area (Å²) in [5.74, 6) is -0.535. The Balaban J connectivity index is 1.74. The first-order chi connectivity index (χ1) is 11.7. The predicted octanol–water partition coefficient (Wildman–Crippen LogP) is 2.31. The van der Waals surface area contributed by atoms with Crippen LogP contribution in [-0.2, 0) is 4.74 Å². The lowest BCUT2D eigenvalue weighted by atomic mass is 10.2. The standard InChI is InChI=1S/C17H14N4O3/c1-24-17(23)13-7-9-18-15(11-13)20-16(22)12-3-5-14(6-4-12)21-10-2-8-19-21/h2-11H,1H3,(H,18,20,22). The number of esters is 1. The van der Waals surface area contributed by atoms with Gasteiger partial charge in [-0.15, -0.1) is 0 Å². The summed E-state index contributed by atoms with van der Waals surface area (Å²) in [5.41, 5.74) is 1.63. The van der Waals surface area contributed by atoms with Crippen molar-refractivity contribution in [2.24, 2.45) is 0 Å². The first-order valence-corrected chi connectivity index (χ1v) is 7.13. The number of hydrogen-bond donors (Lipinski definition) is 1. The van der Waals surface area contributed by atoms with Gasteiger partial charge in [0.05, 0.1) is 18.4 Å². The highest BCUT2D eigenvalue weighted by Gasteiger charge is 2.10. The molecular weight excluding hydrogens is 308 g/mol. The summed E-state index contributed by atoms with van der Waals surface area (Å²) in [6, 6.07) is 11.8. The Morgan fingerprint density at radius 1 is 1.08 bits per heavy atom. The van der Waals surface area contributed by atoms with Crippen molar-refractivity contribution in [1.29, 1.82) is 0 Å². The average molecular weight is 322 g/mol. The fraction of sp³-hybridized carbons (Fsp3) is 0.0588. The molecule has 1 N–H and O–H groups in total. The smallest absolute Gasteiger partial charge is 0.338 e. The van der Waals surface area contributed by atoms with Crippen LogP contribution in [0.15, 0.2) is 61.1 Å². The molecule has 2 aromatic heterocycles. The molecule has 3 aromatic rings. The molecule has 0 spiro atoms. The van der Waals surface area contributed by atoms with Crippen LogP contribution in [0.2, 0.25) is 0 Å². The van der Waals surface area contributed by atoms with Crippen molar-refractivity contribution in [2.45, 2.75) is 0 Å². The van der Waals surface area contributed by atoms with Crippen LogP contribution in [0, 0.1) is 0 Å². The van der Waals surface area contributed by atoms with Gasteiger partial charge in [-0.2, -0.15) is 5.10 Å². The fourth-order valence-electron chi connectivity index (χ4n) is 2.12. The highest BCUT2D eigenvalue weighted by atomic mass is 16.5. The van der Waals surface area contributed by atoms with Gasteiger partial charge in [0.1, 0.15) is 5.82 Å². The number of amides is 1. The molecule has 1 aromatic carbocycles. The molecule has 0 aliphatic heterocycles. The molecule has 0 aliphatic carbocycles. The third kappa shape index (κ3) is 3.30. The van der Waals surface area contributed by atoms with E-state index in [0.29, 0.717) is 11.1 Å². The predicted molar refractivity (Wildman–Crippen MR) is 87.1 cm³/mol. The van der Waals surface area contributed by atoms with Gasteiger partial charge in [0.25, 0.3) is 5.91 Å². The molecule has 0 saturated heterocycles. The van der Waals surface area contributed by atoms with Gasteiger partial charge in [0.2, 0.25) is 0 Å². The summed E-state index contributed by atoms with van der Waals surface area (Å²) in [6.45, 7) is 0. The summed E-state index contributed by atoms with van der Waals surface area (Å²) in [4.78, 5) is 27.8. The van der Waals surface area contributed by atoms with Crippen molar-refractivity contribution in [3.63, 3.8) is 0 Å². The summed E-state index contributed by atoms with van der Waals surface area (Å²) in [7, 11) is 1.29. The number of ether oxygens (including phenoxy) is 1. The minimum atomic E-state index is -0.489. The van der Waals surface area contributed by atoms with E-state index in [4.69, 9.17) is 0 Å². The number of pyridine rings is 1. The first kappa shape index (κ1) is 15.4. The second-order valence-corrected chi connectivity index (χ2v) is 4.87. The number of rotatable bonds is 4. The van der Waals surface area contributed by atoms with Crippen LogP contribution in [0.25, 0.3) is 5.69 Å². The SMILES string of the molecule is COC(=O)c1ccnc(NC(=O)c2ccc(-n3cccn3)cc2)c1. The number of carbonyl (C=O) groups excluding carboxylic acids is 2. The fourth-order valence-corrected chi connectivity index (χ4v) is 2.12. The highest BCUT2D eigenvalue weighted by Crippen LogP contribution is 2.12. The van der Waals surface area contributed by atoms with E-state index in [1.165, 1.54) is 25.4 Å². The molecule has 0 bridgehead atoms. The number of aromatic nitrogens is 3. The quantitative estimate of drug-likeness (QED) is 0.745. The average Bonchev–Trinajstić information content (AvgIpc) is 3.16. The zero-order valence-electron chi connectivity index (χ0n) is 12.8. The van der Waals surface area contributed by atoms with Crippen molar-refractivity contribution >= 4 is 17.7 Å². The third-order valence-corrected chi connectivity index (χ3v) is 3.32. The molecule has 7 nitrogen and oxygen atoms in total. The molecule has 120 valence electrons. The number of nitrogens with zero attached hydrogens (tertiary/aromatic N) is 3. The summed E-state index contributed by atoms with van der Waals surface area (Å²) >= 11 is 0. The molecule has 2 heterocycles. The van der Waals surface area contributed by atoms with E-state index in [1.807, 2.05) is 12.3 Å². The van der Waals surface area contributed by atoms with Gasteiger partial charge in [-0.05, 0) is 42.5 Å². The molecule has 0 radical (unpaired) electrons. The first-order valence-electron chi connectivity index (χ1n) is 7.13. The lowest BCUT2D eigenvalue weighted by molar-refractivity contribution is 0.0600. The van der Waals surface area contributed by atoms with Gasteiger partial charge in [-0.25, -0.2) is 14.5 Å². The summed E-state index contributed by atoms with van der Waals surface area (Å²) < 4.78 is 6.34. The van der Waals surface area contributed by atoms with Crippen molar-refractivity contribution in [2.75, 3.05) is 12.4 Å². The number of hydrogen-bond acceptors (Lipinski definition) is 5. The molecule has 3 rings (SSSR count). The van der Waals surface area contributed by atoms with E-state index in [-0.39, 0.29) is 11.7 Å². The lowest BCUT2D eigenvalue weighted by Crippen LogP contribution is -2.14. The van der Waals surface area contributed by atoms with Gasteiger partial charge < -0.3 is 10.1 Å². The Bertz CT molecular complexity index is 858. The molecular formula is C17H14N4O3. The maximum absolute atomic E-state index is 12.3. The number of benzene rings is 1. The topological polar surface area (TPSA) is 86.1 Å². The van der Waals surface area contributed by atoms with Gasteiger partial charge in [0, 0.05) is 24.2 Å². The largest absolute Gasteiger partial charge is 0.465 e. The number of nitrogens with one attached hydrogen (secondary N) is 1. The van der Waals surface area contributed by atoms with E-state index >= 15 is 0 Å². The Morgan fingerprint density at radius 2 is 1.88 bits per heavy atom. The monoisotopic (exact) mass is 322 g/mol. The van der Waals surface area contributed by atoms with Crippen LogP contribution < -0.4 is 5.32 Å². The lowest BCUT2D eigenvalue weighted by Gasteiger charge is -2.07. The molecule has 0 atom stereocenters. The van der Waals surface area contributed by atoms with Crippen molar-refractivity contribution < 1.29 is 14.3 Å². The van der Waals surface area contributed by atoms with Crippen LogP contribution in [0.5, 0.6) is 0 Å². The van der Waals surface area contributed by atoms with E-state index in [2.05, 4.69) is 20.1 Å². The summed E-state index contributed by atoms with van der Waals surface area (Å²) in [5, 5.41) is 6.78. The van der Waals surface area contributed by atoms with Gasteiger partial charge in [0.15, 0.2) is 0 Å². The van der Waals surface area contributed by atoms with Crippen molar-refractivity contribution in [1.82, 2.24) is 14.8 Å². The summed E-state index contributed by atoms with van der Waals surface area (Å²) in [6.07, 6.45) is 4.93. The molecule has 7 heteroatoms. The van der Waals surface area contributed by atoms with Crippen LogP contribution in [0.1, 0.15) is 20.7 Å². The minimum absolute atomic E-state index is 0.277. The van der Waals surface area contributed by atoms with Crippen molar-refractivity contribution in [3.05, 3.63) is 72.2 Å². The maximum Gasteiger partial charge on any atom is 0.338 e.